The van der Waals surface area contributed by atoms with Crippen LogP contribution < -0.4 is 9.62 Å². The van der Waals surface area contributed by atoms with Gasteiger partial charge in [0.2, 0.25) is 21.8 Å². The van der Waals surface area contributed by atoms with Crippen molar-refractivity contribution in [3.8, 4) is 0 Å². The number of amides is 2. The van der Waals surface area contributed by atoms with Crippen LogP contribution in [0.4, 0.5) is 5.69 Å². The number of carbonyl (C=O) groups is 2. The zero-order valence-corrected chi connectivity index (χ0v) is 23.7. The van der Waals surface area contributed by atoms with E-state index in [-0.39, 0.29) is 43.8 Å². The average molecular weight is 569 g/mol. The lowest BCUT2D eigenvalue weighted by Gasteiger charge is -2.31. The highest BCUT2D eigenvalue weighted by Gasteiger charge is 2.29. The van der Waals surface area contributed by atoms with Crippen LogP contribution in [0.15, 0.2) is 48.5 Å². The second-order valence-corrected chi connectivity index (χ2v) is 12.3. The van der Waals surface area contributed by atoms with E-state index in [1.165, 1.54) is 15.6 Å². The summed E-state index contributed by atoms with van der Waals surface area (Å²) in [5.74, 6) is -0.429. The summed E-state index contributed by atoms with van der Waals surface area (Å²) in [5, 5.41) is 4.13. The van der Waals surface area contributed by atoms with Crippen molar-refractivity contribution in [1.29, 1.82) is 0 Å². The second-order valence-electron chi connectivity index (χ2n) is 9.55. The smallest absolute Gasteiger partial charge is 0.242 e. The molecular weight excluding hydrogens is 533 g/mol. The van der Waals surface area contributed by atoms with E-state index >= 15 is 0 Å². The third-order valence-corrected chi connectivity index (χ3v) is 8.50. The van der Waals surface area contributed by atoms with Gasteiger partial charge in [0.05, 0.1) is 11.9 Å². The quantitative estimate of drug-likeness (QED) is 0.393. The minimum absolute atomic E-state index is 0.0745. The zero-order valence-electron chi connectivity index (χ0n) is 21.3. The van der Waals surface area contributed by atoms with Crippen LogP contribution in [0.5, 0.6) is 0 Å². The van der Waals surface area contributed by atoms with Crippen LogP contribution in [0.2, 0.25) is 10.0 Å². The summed E-state index contributed by atoms with van der Waals surface area (Å²) >= 11 is 12.3. The highest BCUT2D eigenvalue weighted by Crippen LogP contribution is 2.23. The first-order valence-electron chi connectivity index (χ1n) is 12.6. The molecule has 1 N–H and O–H groups in total. The van der Waals surface area contributed by atoms with Gasteiger partial charge >= 0.3 is 0 Å². The molecule has 2 amide bonds. The van der Waals surface area contributed by atoms with Gasteiger partial charge in [-0.1, -0.05) is 60.7 Å². The van der Waals surface area contributed by atoms with Gasteiger partial charge < -0.3 is 10.2 Å². The third-order valence-electron chi connectivity index (χ3n) is 6.68. The summed E-state index contributed by atoms with van der Waals surface area (Å²) in [5.41, 5.74) is 1.22. The summed E-state index contributed by atoms with van der Waals surface area (Å²) in [4.78, 5) is 28.1. The Bertz CT molecular complexity index is 1170. The average Bonchev–Trinajstić information content (AvgIpc) is 2.86. The third kappa shape index (κ3) is 8.62. The Kier molecular flexibility index (Phi) is 10.7. The summed E-state index contributed by atoms with van der Waals surface area (Å²) < 4.78 is 26.1. The highest BCUT2D eigenvalue weighted by molar-refractivity contribution is 7.92. The Morgan fingerprint density at radius 3 is 2.30 bits per heavy atom. The van der Waals surface area contributed by atoms with E-state index in [0.717, 1.165) is 37.5 Å². The zero-order chi connectivity index (χ0) is 27.0. The molecule has 1 aliphatic carbocycles. The van der Waals surface area contributed by atoms with E-state index in [4.69, 9.17) is 23.2 Å². The number of anilines is 1. The van der Waals surface area contributed by atoms with Gasteiger partial charge in [-0.15, -0.1) is 0 Å². The fourth-order valence-corrected chi connectivity index (χ4v) is 5.86. The van der Waals surface area contributed by atoms with Crippen molar-refractivity contribution < 1.29 is 18.0 Å². The van der Waals surface area contributed by atoms with Crippen molar-refractivity contribution >= 4 is 50.7 Å². The molecule has 7 nitrogen and oxygen atoms in total. The van der Waals surface area contributed by atoms with Crippen LogP contribution in [-0.2, 0) is 26.2 Å². The van der Waals surface area contributed by atoms with Gasteiger partial charge in [-0.3, -0.25) is 13.9 Å². The Labute approximate surface area is 230 Å². The van der Waals surface area contributed by atoms with E-state index in [1.807, 2.05) is 18.2 Å². The molecule has 0 spiro atoms. The number of sulfonamides is 1. The normalized spacial score (nSPS) is 15.1. The molecule has 0 unspecified atom stereocenters. The van der Waals surface area contributed by atoms with Gasteiger partial charge in [0, 0.05) is 35.6 Å². The van der Waals surface area contributed by atoms with Crippen LogP contribution in [0.3, 0.4) is 0 Å². The van der Waals surface area contributed by atoms with Gasteiger partial charge in [-0.25, -0.2) is 8.42 Å². The number of halogens is 2. The molecule has 3 rings (SSSR count). The largest absolute Gasteiger partial charge is 0.352 e. The van der Waals surface area contributed by atoms with E-state index < -0.39 is 16.1 Å². The maximum atomic E-state index is 13.4. The van der Waals surface area contributed by atoms with Crippen molar-refractivity contribution in [3.63, 3.8) is 0 Å². The van der Waals surface area contributed by atoms with Crippen molar-refractivity contribution in [3.05, 3.63) is 64.1 Å². The Morgan fingerprint density at radius 1 is 1.03 bits per heavy atom. The molecule has 1 aliphatic rings. The maximum Gasteiger partial charge on any atom is 0.242 e. The van der Waals surface area contributed by atoms with Gasteiger partial charge in [0.15, 0.2) is 0 Å². The molecule has 37 heavy (non-hydrogen) atoms. The van der Waals surface area contributed by atoms with Crippen LogP contribution in [0.25, 0.3) is 0 Å². The number of nitrogens with zero attached hydrogens (tertiary/aromatic N) is 2. The first-order valence-corrected chi connectivity index (χ1v) is 15.2. The fraction of sp³-hybridized carbons (Fsp3) is 0.481. The lowest BCUT2D eigenvalue weighted by atomic mass is 9.95. The molecule has 2 aromatic rings. The van der Waals surface area contributed by atoms with Gasteiger partial charge in [-0.2, -0.15) is 0 Å². The minimum Gasteiger partial charge on any atom is -0.352 e. The Balaban J connectivity index is 1.72. The van der Waals surface area contributed by atoms with Gasteiger partial charge in [-0.05, 0) is 62.1 Å². The number of nitrogens with one attached hydrogen (secondary N) is 1. The lowest BCUT2D eigenvalue weighted by Crippen LogP contribution is -2.50. The maximum absolute atomic E-state index is 13.4. The minimum atomic E-state index is -3.57. The summed E-state index contributed by atoms with van der Waals surface area (Å²) in [6.07, 6.45) is 6.74. The molecule has 10 heteroatoms. The first kappa shape index (κ1) is 29.3. The summed E-state index contributed by atoms with van der Waals surface area (Å²) in [6, 6.07) is 13.2. The highest BCUT2D eigenvalue weighted by atomic mass is 35.5. The van der Waals surface area contributed by atoms with Crippen LogP contribution >= 0.6 is 23.2 Å². The number of rotatable bonds is 11. The molecule has 0 aromatic heterocycles. The molecule has 0 aliphatic heterocycles. The van der Waals surface area contributed by atoms with Gasteiger partial charge in [0.1, 0.15) is 6.04 Å². The van der Waals surface area contributed by atoms with Crippen molar-refractivity contribution in [2.75, 3.05) is 17.1 Å². The van der Waals surface area contributed by atoms with Crippen LogP contribution in [-0.4, -0.2) is 50.0 Å². The first-order chi connectivity index (χ1) is 17.6. The molecule has 0 radical (unpaired) electrons. The molecular formula is C27H35Cl2N3O4S. The molecule has 2 aromatic carbocycles. The molecule has 202 valence electrons. The van der Waals surface area contributed by atoms with Crippen molar-refractivity contribution in [1.82, 2.24) is 10.2 Å². The van der Waals surface area contributed by atoms with Crippen molar-refractivity contribution in [2.45, 2.75) is 70.5 Å². The van der Waals surface area contributed by atoms with Crippen LogP contribution in [0, 0.1) is 0 Å². The molecule has 0 saturated heterocycles. The van der Waals surface area contributed by atoms with Gasteiger partial charge in [0.25, 0.3) is 0 Å². The van der Waals surface area contributed by atoms with Crippen LogP contribution in [0.1, 0.15) is 57.4 Å². The number of carbonyl (C=O) groups excluding carboxylic acids is 2. The monoisotopic (exact) mass is 567 g/mol. The standard InChI is InChI=1S/C27H35Cl2N3O4S/c1-20(27(34)30-23-10-4-3-5-11-23)31(19-21-9-6-7-12-25(21)29)26(33)13-8-18-32(37(2,35)36)24-16-14-22(28)15-17-24/h6-7,9,12,14-17,20,23H,3-5,8,10-11,13,18-19H2,1-2H3,(H,30,34)/t20-/m0/s1. The molecule has 1 saturated carbocycles. The molecule has 1 atom stereocenters. The fourth-order valence-electron chi connectivity index (χ4n) is 4.57. The SMILES string of the molecule is C[C@@H](C(=O)NC1CCCCC1)N(Cc1ccccc1Cl)C(=O)CCCN(c1ccc(Cl)cc1)S(C)(=O)=O. The number of benzene rings is 2. The molecule has 0 heterocycles. The number of hydrogen-bond donors (Lipinski definition) is 1. The summed E-state index contributed by atoms with van der Waals surface area (Å²) in [7, 11) is -3.57. The van der Waals surface area contributed by atoms with Crippen molar-refractivity contribution in [2.24, 2.45) is 0 Å². The second kappa shape index (κ2) is 13.5. The molecule has 0 bridgehead atoms. The summed E-state index contributed by atoms with van der Waals surface area (Å²) in [6.45, 7) is 2.03. The van der Waals surface area contributed by atoms with E-state index in [1.54, 1.807) is 37.3 Å². The predicted molar refractivity (Wildman–Crippen MR) is 149 cm³/mol. The lowest BCUT2D eigenvalue weighted by molar-refractivity contribution is -0.141. The topological polar surface area (TPSA) is 86.8 Å². The Hall–Kier alpha value is -2.29. The van der Waals surface area contributed by atoms with E-state index in [2.05, 4.69) is 5.32 Å². The molecule has 1 fully saturated rings. The Morgan fingerprint density at radius 2 is 1.68 bits per heavy atom. The van der Waals surface area contributed by atoms with E-state index in [9.17, 15) is 18.0 Å². The van der Waals surface area contributed by atoms with E-state index in [0.29, 0.717) is 15.7 Å². The number of hydrogen-bond acceptors (Lipinski definition) is 4. The predicted octanol–water partition coefficient (Wildman–Crippen LogP) is 5.41.